The van der Waals surface area contributed by atoms with Gasteiger partial charge in [0.05, 0.1) is 4.92 Å². The third kappa shape index (κ3) is 3.89. The number of carbonyl (C=O) groups is 3. The normalized spacial score (nSPS) is 19.9. The van der Waals surface area contributed by atoms with Crippen LogP contribution in [0.25, 0.3) is 0 Å². The summed E-state index contributed by atoms with van der Waals surface area (Å²) in [7, 11) is 0. The second-order valence-corrected chi connectivity index (χ2v) is 7.54. The zero-order chi connectivity index (χ0) is 22.0. The summed E-state index contributed by atoms with van der Waals surface area (Å²) >= 11 is 0. The maximum absolute atomic E-state index is 12.9. The minimum Gasteiger partial charge on any atom is -0.324 e. The van der Waals surface area contributed by atoms with Crippen molar-refractivity contribution in [2.24, 2.45) is 0 Å². The standard InChI is InChI=1S/C22H20N4O5/c27-19(23-16-6-3-7-17(13-16)26(30)31)9-10-20(28)25-12-4-11-22(25)14-15-5-1-2-8-18(15)24-21(22)29/h1-3,5-10,13H,4,11-12,14H2,(H,23,27)(H,24,29)/b10-9+. The quantitative estimate of drug-likeness (QED) is 0.447. The number of carbonyl (C=O) groups excluding carboxylic acids is 3. The molecular formula is C22H20N4O5. The number of benzene rings is 2. The Hall–Kier alpha value is -4.01. The molecule has 2 aliphatic rings. The van der Waals surface area contributed by atoms with E-state index in [0.717, 1.165) is 23.4 Å². The molecule has 1 fully saturated rings. The number of nitro groups is 1. The predicted octanol–water partition coefficient (Wildman–Crippen LogP) is 2.65. The van der Waals surface area contributed by atoms with Crippen LogP contribution in [-0.4, -0.2) is 39.6 Å². The topological polar surface area (TPSA) is 122 Å². The molecule has 2 aromatic rings. The van der Waals surface area contributed by atoms with Crippen molar-refractivity contribution < 1.29 is 19.3 Å². The van der Waals surface area contributed by atoms with Crippen molar-refractivity contribution in [3.8, 4) is 0 Å². The fourth-order valence-corrected chi connectivity index (χ4v) is 4.17. The highest BCUT2D eigenvalue weighted by Gasteiger charge is 2.51. The fourth-order valence-electron chi connectivity index (χ4n) is 4.17. The van der Waals surface area contributed by atoms with Crippen molar-refractivity contribution in [3.63, 3.8) is 0 Å². The Bertz CT molecular complexity index is 1110. The van der Waals surface area contributed by atoms with Gasteiger partial charge in [-0.1, -0.05) is 24.3 Å². The Morgan fingerprint density at radius 1 is 1.16 bits per heavy atom. The number of nitrogens with one attached hydrogen (secondary N) is 2. The molecule has 1 unspecified atom stereocenters. The van der Waals surface area contributed by atoms with Gasteiger partial charge in [0.1, 0.15) is 5.54 Å². The number of nitrogens with zero attached hydrogens (tertiary/aromatic N) is 2. The van der Waals surface area contributed by atoms with Gasteiger partial charge >= 0.3 is 0 Å². The summed E-state index contributed by atoms with van der Waals surface area (Å²) in [6, 6.07) is 13.0. The van der Waals surface area contributed by atoms with Crippen molar-refractivity contribution in [3.05, 3.63) is 76.4 Å². The van der Waals surface area contributed by atoms with Crippen LogP contribution in [0.3, 0.4) is 0 Å². The Labute approximate surface area is 177 Å². The molecule has 4 rings (SSSR count). The molecule has 1 saturated heterocycles. The van der Waals surface area contributed by atoms with Gasteiger partial charge in [0.15, 0.2) is 0 Å². The highest BCUT2D eigenvalue weighted by atomic mass is 16.6. The number of anilines is 2. The van der Waals surface area contributed by atoms with Crippen molar-refractivity contribution in [2.75, 3.05) is 17.2 Å². The minimum atomic E-state index is -0.966. The van der Waals surface area contributed by atoms with Gasteiger partial charge in [-0.15, -0.1) is 0 Å². The molecule has 2 heterocycles. The molecule has 0 saturated carbocycles. The number of para-hydroxylation sites is 1. The number of nitro benzene ring substituents is 1. The van der Waals surface area contributed by atoms with Crippen LogP contribution in [0.5, 0.6) is 0 Å². The molecule has 3 amide bonds. The molecule has 31 heavy (non-hydrogen) atoms. The van der Waals surface area contributed by atoms with Gasteiger partial charge in [0, 0.05) is 48.6 Å². The molecule has 1 spiro atoms. The van der Waals surface area contributed by atoms with Crippen molar-refractivity contribution >= 4 is 34.8 Å². The summed E-state index contributed by atoms with van der Waals surface area (Å²) < 4.78 is 0. The number of likely N-dealkylation sites (tertiary alicyclic amines) is 1. The smallest absolute Gasteiger partial charge is 0.271 e. The zero-order valence-corrected chi connectivity index (χ0v) is 16.5. The van der Waals surface area contributed by atoms with Crippen LogP contribution in [0.1, 0.15) is 18.4 Å². The van der Waals surface area contributed by atoms with Crippen LogP contribution in [-0.2, 0) is 20.8 Å². The lowest BCUT2D eigenvalue weighted by atomic mass is 9.83. The van der Waals surface area contributed by atoms with Crippen LogP contribution in [0.15, 0.2) is 60.7 Å². The number of hydrogen-bond acceptors (Lipinski definition) is 5. The van der Waals surface area contributed by atoms with Gasteiger partial charge in [-0.2, -0.15) is 0 Å². The van der Waals surface area contributed by atoms with Gasteiger partial charge in [-0.25, -0.2) is 0 Å². The van der Waals surface area contributed by atoms with E-state index in [2.05, 4.69) is 10.6 Å². The van der Waals surface area contributed by atoms with E-state index < -0.39 is 22.3 Å². The van der Waals surface area contributed by atoms with Crippen molar-refractivity contribution in [2.45, 2.75) is 24.8 Å². The zero-order valence-electron chi connectivity index (χ0n) is 16.5. The molecule has 0 bridgehead atoms. The average molecular weight is 420 g/mol. The summed E-state index contributed by atoms with van der Waals surface area (Å²) in [5.41, 5.74) is 0.850. The Morgan fingerprint density at radius 3 is 2.77 bits per heavy atom. The molecule has 158 valence electrons. The van der Waals surface area contributed by atoms with Gasteiger partial charge in [-0.05, 0) is 30.5 Å². The lowest BCUT2D eigenvalue weighted by Gasteiger charge is -2.40. The van der Waals surface area contributed by atoms with Crippen LogP contribution < -0.4 is 10.6 Å². The van der Waals surface area contributed by atoms with E-state index in [1.54, 1.807) is 0 Å². The molecular weight excluding hydrogens is 400 g/mol. The first-order valence-electron chi connectivity index (χ1n) is 9.83. The van der Waals surface area contributed by atoms with Crippen molar-refractivity contribution in [1.82, 2.24) is 4.90 Å². The summed E-state index contributed by atoms with van der Waals surface area (Å²) in [5.74, 6) is -1.24. The fraction of sp³-hybridized carbons (Fsp3) is 0.227. The van der Waals surface area contributed by atoms with Gasteiger partial charge in [0.25, 0.3) is 11.6 Å². The van der Waals surface area contributed by atoms with E-state index in [0.29, 0.717) is 25.8 Å². The van der Waals surface area contributed by atoms with E-state index in [1.165, 1.54) is 29.2 Å². The second-order valence-electron chi connectivity index (χ2n) is 7.54. The maximum Gasteiger partial charge on any atom is 0.271 e. The molecule has 2 aliphatic heterocycles. The van der Waals surface area contributed by atoms with Crippen LogP contribution in [0.4, 0.5) is 17.1 Å². The largest absolute Gasteiger partial charge is 0.324 e. The number of hydrogen-bond donors (Lipinski definition) is 2. The highest BCUT2D eigenvalue weighted by Crippen LogP contribution is 2.39. The third-order valence-corrected chi connectivity index (χ3v) is 5.63. The van der Waals surface area contributed by atoms with E-state index in [-0.39, 0.29) is 17.3 Å². The van der Waals surface area contributed by atoms with Crippen molar-refractivity contribution in [1.29, 1.82) is 0 Å². The maximum atomic E-state index is 12.9. The van der Waals surface area contributed by atoms with Crippen LogP contribution in [0.2, 0.25) is 0 Å². The Kier molecular flexibility index (Phi) is 5.24. The molecule has 2 aromatic carbocycles. The lowest BCUT2D eigenvalue weighted by Crippen LogP contribution is -2.58. The van der Waals surface area contributed by atoms with Gasteiger partial charge in [-0.3, -0.25) is 24.5 Å². The van der Waals surface area contributed by atoms with Crippen LogP contribution >= 0.6 is 0 Å². The highest BCUT2D eigenvalue weighted by molar-refractivity contribution is 6.07. The van der Waals surface area contributed by atoms with E-state index in [1.807, 2.05) is 24.3 Å². The first-order chi connectivity index (χ1) is 14.9. The Morgan fingerprint density at radius 2 is 1.97 bits per heavy atom. The van der Waals surface area contributed by atoms with E-state index >= 15 is 0 Å². The Balaban J connectivity index is 1.47. The van der Waals surface area contributed by atoms with E-state index in [4.69, 9.17) is 0 Å². The molecule has 9 heteroatoms. The minimum absolute atomic E-state index is 0.152. The lowest BCUT2D eigenvalue weighted by molar-refractivity contribution is -0.384. The monoisotopic (exact) mass is 420 g/mol. The molecule has 0 aromatic heterocycles. The number of amides is 3. The first-order valence-corrected chi connectivity index (χ1v) is 9.83. The molecule has 9 nitrogen and oxygen atoms in total. The summed E-state index contributed by atoms with van der Waals surface area (Å²) in [4.78, 5) is 49.8. The predicted molar refractivity (Wildman–Crippen MR) is 113 cm³/mol. The number of fused-ring (bicyclic) bond motifs is 1. The third-order valence-electron chi connectivity index (χ3n) is 5.63. The van der Waals surface area contributed by atoms with Crippen LogP contribution in [0, 0.1) is 10.1 Å². The van der Waals surface area contributed by atoms with Gasteiger partial charge < -0.3 is 15.5 Å². The average Bonchev–Trinajstić information content (AvgIpc) is 3.17. The summed E-state index contributed by atoms with van der Waals surface area (Å²) in [6.07, 6.45) is 3.87. The SMILES string of the molecule is O=C(/C=C/C(=O)N1CCCC12Cc1ccccc1NC2=O)Nc1cccc([N+](=O)[O-])c1. The summed E-state index contributed by atoms with van der Waals surface area (Å²) in [5, 5.41) is 16.2. The van der Waals surface area contributed by atoms with E-state index in [9.17, 15) is 24.5 Å². The molecule has 2 N–H and O–H groups in total. The molecule has 0 aliphatic carbocycles. The number of rotatable bonds is 4. The van der Waals surface area contributed by atoms with Gasteiger partial charge in [0.2, 0.25) is 11.8 Å². The second kappa shape index (κ2) is 8.02. The molecule has 0 radical (unpaired) electrons. The summed E-state index contributed by atoms with van der Waals surface area (Å²) in [6.45, 7) is 0.422. The first kappa shape index (κ1) is 20.3. The molecule has 1 atom stereocenters. The number of non-ortho nitro benzene ring substituents is 1.